The molecule has 19 heavy (non-hydrogen) atoms. The lowest BCUT2D eigenvalue weighted by Gasteiger charge is -2.22. The molecular formula is C12H14BrN3O3. The Morgan fingerprint density at radius 2 is 2.26 bits per heavy atom. The molecule has 0 bridgehead atoms. The van der Waals surface area contributed by atoms with Gasteiger partial charge in [0, 0.05) is 11.8 Å². The number of nitro benzene ring substituents is 1. The van der Waals surface area contributed by atoms with Gasteiger partial charge in [-0.15, -0.1) is 0 Å². The number of nitrogens with one attached hydrogen (secondary N) is 2. The third-order valence-corrected chi connectivity index (χ3v) is 3.67. The van der Waals surface area contributed by atoms with E-state index in [1.54, 1.807) is 6.07 Å². The number of hydrogen-bond donors (Lipinski definition) is 2. The SMILES string of the molecule is O=C(Nc1ccc([N+](=O)[O-])c(Br)c1)[C@H]1CCCCN1. The highest BCUT2D eigenvalue weighted by Crippen LogP contribution is 2.27. The summed E-state index contributed by atoms with van der Waals surface area (Å²) in [5.41, 5.74) is 0.531. The van der Waals surface area contributed by atoms with Gasteiger partial charge in [-0.3, -0.25) is 14.9 Å². The molecular weight excluding hydrogens is 314 g/mol. The van der Waals surface area contributed by atoms with E-state index in [1.807, 2.05) is 0 Å². The van der Waals surface area contributed by atoms with Crippen LogP contribution in [0.2, 0.25) is 0 Å². The lowest BCUT2D eigenvalue weighted by Crippen LogP contribution is -2.43. The minimum Gasteiger partial charge on any atom is -0.325 e. The minimum atomic E-state index is -0.474. The number of carbonyl (C=O) groups is 1. The standard InChI is InChI=1S/C12H14BrN3O3/c13-9-7-8(4-5-11(9)16(18)19)15-12(17)10-3-1-2-6-14-10/h4-5,7,10,14H,1-3,6H2,(H,15,17)/t10-/m1/s1. The lowest BCUT2D eigenvalue weighted by atomic mass is 10.0. The van der Waals surface area contributed by atoms with Crippen LogP contribution in [0.3, 0.4) is 0 Å². The fraction of sp³-hybridized carbons (Fsp3) is 0.417. The first-order valence-corrected chi connectivity index (χ1v) is 6.85. The highest BCUT2D eigenvalue weighted by molar-refractivity contribution is 9.10. The van der Waals surface area contributed by atoms with Gasteiger partial charge in [0.05, 0.1) is 15.4 Å². The fourth-order valence-electron chi connectivity index (χ4n) is 2.04. The maximum absolute atomic E-state index is 12.0. The molecule has 0 radical (unpaired) electrons. The van der Waals surface area contributed by atoms with Crippen molar-refractivity contribution in [2.75, 3.05) is 11.9 Å². The van der Waals surface area contributed by atoms with Gasteiger partial charge < -0.3 is 10.6 Å². The van der Waals surface area contributed by atoms with Gasteiger partial charge in [-0.25, -0.2) is 0 Å². The first kappa shape index (κ1) is 14.0. The van der Waals surface area contributed by atoms with Gasteiger partial charge in [-0.1, -0.05) is 6.42 Å². The molecule has 1 aromatic rings. The second-order valence-electron chi connectivity index (χ2n) is 4.42. The number of carbonyl (C=O) groups excluding carboxylic acids is 1. The molecule has 1 fully saturated rings. The molecule has 2 N–H and O–H groups in total. The van der Waals surface area contributed by atoms with E-state index < -0.39 is 4.92 Å². The highest BCUT2D eigenvalue weighted by Gasteiger charge is 2.21. The number of amides is 1. The molecule has 1 heterocycles. The van der Waals surface area contributed by atoms with Gasteiger partial charge >= 0.3 is 0 Å². The average Bonchev–Trinajstić information content (AvgIpc) is 2.39. The Hall–Kier alpha value is -1.47. The minimum absolute atomic E-state index is 0.0196. The maximum atomic E-state index is 12.0. The number of anilines is 1. The van der Waals surface area contributed by atoms with Gasteiger partial charge in [0.25, 0.3) is 5.69 Å². The summed E-state index contributed by atoms with van der Waals surface area (Å²) in [4.78, 5) is 22.2. The van der Waals surface area contributed by atoms with Crippen LogP contribution >= 0.6 is 15.9 Å². The normalized spacial score (nSPS) is 18.9. The summed E-state index contributed by atoms with van der Waals surface area (Å²) in [6, 6.07) is 4.26. The summed E-state index contributed by atoms with van der Waals surface area (Å²) < 4.78 is 0.354. The molecule has 1 amide bonds. The van der Waals surface area contributed by atoms with Crippen LogP contribution in [-0.4, -0.2) is 23.4 Å². The van der Waals surface area contributed by atoms with Crippen molar-refractivity contribution in [3.05, 3.63) is 32.8 Å². The van der Waals surface area contributed by atoms with E-state index in [4.69, 9.17) is 0 Å². The smallest absolute Gasteiger partial charge is 0.283 e. The Kier molecular flexibility index (Phi) is 4.49. The predicted octanol–water partition coefficient (Wildman–Crippen LogP) is 2.44. The third-order valence-electron chi connectivity index (χ3n) is 3.04. The molecule has 1 aliphatic heterocycles. The van der Waals surface area contributed by atoms with E-state index in [0.29, 0.717) is 10.2 Å². The van der Waals surface area contributed by atoms with Crippen molar-refractivity contribution >= 4 is 33.2 Å². The number of piperidine rings is 1. The lowest BCUT2D eigenvalue weighted by molar-refractivity contribution is -0.385. The number of rotatable bonds is 3. The Balaban J connectivity index is 2.04. The van der Waals surface area contributed by atoms with Gasteiger partial charge in [0.1, 0.15) is 0 Å². The topological polar surface area (TPSA) is 84.3 Å². The molecule has 0 spiro atoms. The zero-order valence-corrected chi connectivity index (χ0v) is 11.8. The van der Waals surface area contributed by atoms with E-state index in [-0.39, 0.29) is 17.6 Å². The predicted molar refractivity (Wildman–Crippen MR) is 75.1 cm³/mol. The molecule has 1 atom stereocenters. The largest absolute Gasteiger partial charge is 0.325 e. The van der Waals surface area contributed by atoms with E-state index in [9.17, 15) is 14.9 Å². The van der Waals surface area contributed by atoms with Gasteiger partial charge in [-0.05, 0) is 47.4 Å². The third kappa shape index (κ3) is 3.51. The monoisotopic (exact) mass is 327 g/mol. The second kappa shape index (κ2) is 6.12. The summed E-state index contributed by atoms with van der Waals surface area (Å²) in [5, 5.41) is 16.6. The van der Waals surface area contributed by atoms with Crippen LogP contribution in [0.25, 0.3) is 0 Å². The van der Waals surface area contributed by atoms with Crippen molar-refractivity contribution in [2.24, 2.45) is 0 Å². The molecule has 1 aromatic carbocycles. The van der Waals surface area contributed by atoms with Crippen molar-refractivity contribution in [1.82, 2.24) is 5.32 Å². The van der Waals surface area contributed by atoms with E-state index >= 15 is 0 Å². The van der Waals surface area contributed by atoms with Gasteiger partial charge in [-0.2, -0.15) is 0 Å². The van der Waals surface area contributed by atoms with Gasteiger partial charge in [0.2, 0.25) is 5.91 Å². The van der Waals surface area contributed by atoms with Gasteiger partial charge in [0.15, 0.2) is 0 Å². The number of nitro groups is 1. The van der Waals surface area contributed by atoms with E-state index in [0.717, 1.165) is 25.8 Å². The van der Waals surface area contributed by atoms with E-state index in [1.165, 1.54) is 12.1 Å². The van der Waals surface area contributed by atoms with Crippen LogP contribution in [-0.2, 0) is 4.79 Å². The van der Waals surface area contributed by atoms with Crippen molar-refractivity contribution in [3.8, 4) is 0 Å². The van der Waals surface area contributed by atoms with Crippen LogP contribution in [0.5, 0.6) is 0 Å². The molecule has 2 rings (SSSR count). The summed E-state index contributed by atoms with van der Waals surface area (Å²) >= 11 is 3.13. The van der Waals surface area contributed by atoms with Crippen molar-refractivity contribution in [3.63, 3.8) is 0 Å². The van der Waals surface area contributed by atoms with Crippen LogP contribution in [0, 0.1) is 10.1 Å². The second-order valence-corrected chi connectivity index (χ2v) is 5.27. The van der Waals surface area contributed by atoms with Crippen molar-refractivity contribution in [1.29, 1.82) is 0 Å². The van der Waals surface area contributed by atoms with E-state index in [2.05, 4.69) is 26.6 Å². The Labute approximate surface area is 118 Å². The number of benzene rings is 1. The molecule has 102 valence electrons. The zero-order valence-electron chi connectivity index (χ0n) is 10.2. The molecule has 0 saturated carbocycles. The van der Waals surface area contributed by atoms with Crippen LogP contribution in [0.1, 0.15) is 19.3 Å². The molecule has 0 unspecified atom stereocenters. The average molecular weight is 328 g/mol. The Bertz CT molecular complexity index is 501. The maximum Gasteiger partial charge on any atom is 0.283 e. The van der Waals surface area contributed by atoms with Crippen molar-refractivity contribution in [2.45, 2.75) is 25.3 Å². The molecule has 0 aromatic heterocycles. The first-order valence-electron chi connectivity index (χ1n) is 6.06. The summed E-state index contributed by atoms with van der Waals surface area (Å²) in [7, 11) is 0. The van der Waals surface area contributed by atoms with Crippen LogP contribution in [0.4, 0.5) is 11.4 Å². The fourth-order valence-corrected chi connectivity index (χ4v) is 2.56. The van der Waals surface area contributed by atoms with Crippen molar-refractivity contribution < 1.29 is 9.72 Å². The summed E-state index contributed by atoms with van der Waals surface area (Å²) in [6.07, 6.45) is 2.95. The molecule has 0 aliphatic carbocycles. The zero-order chi connectivity index (χ0) is 13.8. The van der Waals surface area contributed by atoms with Crippen LogP contribution < -0.4 is 10.6 Å². The number of nitrogens with zero attached hydrogens (tertiary/aromatic N) is 1. The quantitative estimate of drug-likeness (QED) is 0.659. The Morgan fingerprint density at radius 3 is 2.84 bits per heavy atom. The summed E-state index contributed by atoms with van der Waals surface area (Å²) in [5.74, 6) is -0.0968. The first-order chi connectivity index (χ1) is 9.08. The number of hydrogen-bond acceptors (Lipinski definition) is 4. The summed E-state index contributed by atoms with van der Waals surface area (Å²) in [6.45, 7) is 0.849. The molecule has 7 heteroatoms. The molecule has 6 nitrogen and oxygen atoms in total. The highest BCUT2D eigenvalue weighted by atomic mass is 79.9. The number of halogens is 1. The van der Waals surface area contributed by atoms with Crippen LogP contribution in [0.15, 0.2) is 22.7 Å². The Morgan fingerprint density at radius 1 is 1.47 bits per heavy atom. The molecule has 1 aliphatic rings. The molecule has 1 saturated heterocycles.